The van der Waals surface area contributed by atoms with Crippen LogP contribution in [0.1, 0.15) is 57.5 Å². The van der Waals surface area contributed by atoms with Gasteiger partial charge in [0.25, 0.3) is 11.8 Å². The van der Waals surface area contributed by atoms with Crippen molar-refractivity contribution in [2.24, 2.45) is 5.92 Å². The van der Waals surface area contributed by atoms with Crippen LogP contribution in [0.4, 0.5) is 11.4 Å². The van der Waals surface area contributed by atoms with Gasteiger partial charge in [-0.3, -0.25) is 9.59 Å². The van der Waals surface area contributed by atoms with Gasteiger partial charge in [-0.15, -0.1) is 0 Å². The Morgan fingerprint density at radius 1 is 0.861 bits per heavy atom. The molecule has 0 saturated carbocycles. The summed E-state index contributed by atoms with van der Waals surface area (Å²) in [6, 6.07) is 24.1. The van der Waals surface area contributed by atoms with Crippen LogP contribution in [0.5, 0.6) is 0 Å². The highest BCUT2D eigenvalue weighted by molar-refractivity contribution is 6.06. The van der Waals surface area contributed by atoms with E-state index in [0.717, 1.165) is 69.5 Å². The smallest absolute Gasteiger partial charge is 0.256 e. The zero-order chi connectivity index (χ0) is 24.9. The lowest BCUT2D eigenvalue weighted by Crippen LogP contribution is -2.36. The molecule has 2 amide bonds. The number of hydrogen-bond acceptors (Lipinski definition) is 3. The first kappa shape index (κ1) is 24.1. The largest absolute Gasteiger partial charge is 0.371 e. The van der Waals surface area contributed by atoms with E-state index in [-0.39, 0.29) is 11.8 Å². The Kier molecular flexibility index (Phi) is 7.36. The molecule has 0 spiro atoms. The lowest BCUT2D eigenvalue weighted by molar-refractivity contribution is 0.0793. The third-order valence-corrected chi connectivity index (χ3v) is 7.51. The Morgan fingerprint density at radius 2 is 1.56 bits per heavy atom. The molecule has 0 radical (unpaired) electrons. The van der Waals surface area contributed by atoms with Gasteiger partial charge in [-0.25, -0.2) is 0 Å². The van der Waals surface area contributed by atoms with Crippen LogP contribution >= 0.6 is 0 Å². The Balaban J connectivity index is 1.33. The van der Waals surface area contributed by atoms with Crippen molar-refractivity contribution in [3.63, 3.8) is 0 Å². The van der Waals surface area contributed by atoms with Crippen molar-refractivity contribution in [3.05, 3.63) is 95.1 Å². The summed E-state index contributed by atoms with van der Waals surface area (Å²) in [5.41, 5.74) is 5.46. The maximum atomic E-state index is 13.5. The molecule has 2 heterocycles. The zero-order valence-electron chi connectivity index (χ0n) is 21.1. The van der Waals surface area contributed by atoms with Gasteiger partial charge in [-0.05, 0) is 80.8 Å². The number of benzene rings is 3. The van der Waals surface area contributed by atoms with Gasteiger partial charge >= 0.3 is 0 Å². The lowest BCUT2D eigenvalue weighted by atomic mass is 9.89. The van der Waals surface area contributed by atoms with Crippen molar-refractivity contribution in [2.75, 3.05) is 36.4 Å². The highest BCUT2D eigenvalue weighted by Crippen LogP contribution is 2.31. The average molecular weight is 482 g/mol. The fourth-order valence-corrected chi connectivity index (χ4v) is 5.39. The number of nitrogens with one attached hydrogen (secondary N) is 1. The van der Waals surface area contributed by atoms with Crippen molar-refractivity contribution >= 4 is 23.2 Å². The minimum Gasteiger partial charge on any atom is -0.371 e. The molecule has 36 heavy (non-hydrogen) atoms. The lowest BCUT2D eigenvalue weighted by Gasteiger charge is -2.35. The van der Waals surface area contributed by atoms with Crippen molar-refractivity contribution < 1.29 is 9.59 Å². The number of rotatable bonds is 6. The highest BCUT2D eigenvalue weighted by Gasteiger charge is 2.27. The van der Waals surface area contributed by atoms with Crippen LogP contribution in [0.2, 0.25) is 0 Å². The normalized spacial score (nSPS) is 16.2. The van der Waals surface area contributed by atoms with E-state index in [1.54, 1.807) is 0 Å². The monoisotopic (exact) mass is 481 g/mol. The van der Waals surface area contributed by atoms with Crippen LogP contribution < -0.4 is 10.2 Å². The summed E-state index contributed by atoms with van der Waals surface area (Å²) >= 11 is 0. The van der Waals surface area contributed by atoms with Crippen molar-refractivity contribution in [1.29, 1.82) is 0 Å². The number of hydrogen-bond donors (Lipinski definition) is 1. The van der Waals surface area contributed by atoms with Gasteiger partial charge in [0.05, 0.1) is 5.56 Å². The molecule has 3 aromatic carbocycles. The fraction of sp³-hybridized carbons (Fsp3) is 0.355. The Hall–Kier alpha value is -3.60. The number of carbonyl (C=O) groups is 2. The van der Waals surface area contributed by atoms with E-state index in [9.17, 15) is 9.59 Å². The molecule has 5 rings (SSSR count). The predicted molar refractivity (Wildman–Crippen MR) is 146 cm³/mol. The maximum absolute atomic E-state index is 13.5. The number of nitrogens with zero attached hydrogens (tertiary/aromatic N) is 2. The van der Waals surface area contributed by atoms with E-state index in [4.69, 9.17) is 0 Å². The number of amides is 2. The molecule has 2 saturated heterocycles. The molecule has 1 N–H and O–H groups in total. The van der Waals surface area contributed by atoms with Crippen LogP contribution in [0.3, 0.4) is 0 Å². The topological polar surface area (TPSA) is 52.7 Å². The Labute approximate surface area is 214 Å². The molecule has 0 unspecified atom stereocenters. The molecule has 2 aliphatic heterocycles. The van der Waals surface area contributed by atoms with Crippen LogP contribution in [0, 0.1) is 12.8 Å². The third-order valence-electron chi connectivity index (χ3n) is 7.51. The first-order valence-corrected chi connectivity index (χ1v) is 13.2. The first-order valence-electron chi connectivity index (χ1n) is 13.2. The minimum atomic E-state index is -0.163. The molecule has 0 bridgehead atoms. The number of piperidine rings is 1. The predicted octanol–water partition coefficient (Wildman–Crippen LogP) is 5.94. The van der Waals surface area contributed by atoms with Crippen molar-refractivity contribution in [2.45, 2.75) is 39.0 Å². The minimum absolute atomic E-state index is 0.0698. The molecule has 2 aliphatic rings. The van der Waals surface area contributed by atoms with Gasteiger partial charge in [-0.1, -0.05) is 48.0 Å². The van der Waals surface area contributed by atoms with Crippen LogP contribution in [0.15, 0.2) is 72.8 Å². The molecule has 186 valence electrons. The third kappa shape index (κ3) is 5.62. The zero-order valence-corrected chi connectivity index (χ0v) is 21.1. The number of aryl methyl sites for hydroxylation is 1. The SMILES string of the molecule is Cc1ccc(C(=O)Nc2ccc(N3CCC(Cc4ccccc4)CC3)c(C(=O)N3CCCC3)c2)cc1. The van der Waals surface area contributed by atoms with Gasteiger partial charge in [0.1, 0.15) is 0 Å². The number of carbonyl (C=O) groups excluding carboxylic acids is 2. The fourth-order valence-electron chi connectivity index (χ4n) is 5.39. The van der Waals surface area contributed by atoms with Crippen LogP contribution in [0.25, 0.3) is 0 Å². The first-order chi connectivity index (χ1) is 17.6. The molecule has 0 aromatic heterocycles. The van der Waals surface area contributed by atoms with E-state index < -0.39 is 0 Å². The number of anilines is 2. The van der Waals surface area contributed by atoms with E-state index in [1.807, 2.05) is 54.3 Å². The van der Waals surface area contributed by atoms with E-state index in [1.165, 1.54) is 5.56 Å². The summed E-state index contributed by atoms with van der Waals surface area (Å²) in [5, 5.41) is 3.00. The summed E-state index contributed by atoms with van der Waals surface area (Å²) < 4.78 is 0. The highest BCUT2D eigenvalue weighted by atomic mass is 16.2. The van der Waals surface area contributed by atoms with E-state index in [2.05, 4.69) is 40.5 Å². The Morgan fingerprint density at radius 3 is 2.25 bits per heavy atom. The van der Waals surface area contributed by atoms with Gasteiger partial charge in [0, 0.05) is 43.1 Å². The summed E-state index contributed by atoms with van der Waals surface area (Å²) in [6.07, 6.45) is 5.43. The quantitative estimate of drug-likeness (QED) is 0.474. The van der Waals surface area contributed by atoms with E-state index >= 15 is 0 Å². The number of likely N-dealkylation sites (tertiary alicyclic amines) is 1. The molecular weight excluding hydrogens is 446 g/mol. The van der Waals surface area contributed by atoms with Crippen LogP contribution in [-0.2, 0) is 6.42 Å². The summed E-state index contributed by atoms with van der Waals surface area (Å²) in [6.45, 7) is 5.48. The van der Waals surface area contributed by atoms with E-state index in [0.29, 0.717) is 22.7 Å². The maximum Gasteiger partial charge on any atom is 0.256 e. The van der Waals surface area contributed by atoms with Gasteiger partial charge in [0.2, 0.25) is 0 Å². The van der Waals surface area contributed by atoms with Crippen molar-refractivity contribution in [1.82, 2.24) is 4.90 Å². The average Bonchev–Trinajstić information content (AvgIpc) is 3.45. The molecule has 3 aromatic rings. The summed E-state index contributed by atoms with van der Waals surface area (Å²) in [4.78, 5) is 30.7. The van der Waals surface area contributed by atoms with Gasteiger partial charge in [-0.2, -0.15) is 0 Å². The molecule has 5 heteroatoms. The molecule has 0 aliphatic carbocycles. The van der Waals surface area contributed by atoms with Crippen molar-refractivity contribution in [3.8, 4) is 0 Å². The van der Waals surface area contributed by atoms with Crippen LogP contribution in [-0.4, -0.2) is 42.9 Å². The second kappa shape index (κ2) is 11.0. The standard InChI is InChI=1S/C31H35N3O2/c1-23-9-11-26(12-10-23)30(35)32-27-13-14-29(28(22-27)31(36)34-17-5-6-18-34)33-19-15-25(16-20-33)21-24-7-3-2-4-8-24/h2-4,7-14,22,25H,5-6,15-21H2,1H3,(H,32,35). The second-order valence-corrected chi connectivity index (χ2v) is 10.2. The molecular formula is C31H35N3O2. The summed E-state index contributed by atoms with van der Waals surface area (Å²) in [5.74, 6) is 0.568. The molecule has 2 fully saturated rings. The molecule has 0 atom stereocenters. The Bertz CT molecular complexity index is 1190. The summed E-state index contributed by atoms with van der Waals surface area (Å²) in [7, 11) is 0. The second-order valence-electron chi connectivity index (χ2n) is 10.2. The van der Waals surface area contributed by atoms with Gasteiger partial charge in [0.15, 0.2) is 0 Å². The van der Waals surface area contributed by atoms with Gasteiger partial charge < -0.3 is 15.1 Å². The molecule has 5 nitrogen and oxygen atoms in total.